The summed E-state index contributed by atoms with van der Waals surface area (Å²) in [5, 5.41) is 9.62. The van der Waals surface area contributed by atoms with Crippen LogP contribution in [0.4, 0.5) is 5.69 Å². The summed E-state index contributed by atoms with van der Waals surface area (Å²) in [5.74, 6) is -1.52. The fourth-order valence-corrected chi connectivity index (χ4v) is 4.79. The van der Waals surface area contributed by atoms with Gasteiger partial charge in [0.1, 0.15) is 5.75 Å². The van der Waals surface area contributed by atoms with Crippen LogP contribution in [0.1, 0.15) is 23.0 Å². The van der Waals surface area contributed by atoms with Gasteiger partial charge in [0.15, 0.2) is 0 Å². The molecule has 0 aromatic heterocycles. The molecule has 3 aromatic carbocycles. The van der Waals surface area contributed by atoms with E-state index in [4.69, 9.17) is 0 Å². The van der Waals surface area contributed by atoms with Crippen molar-refractivity contribution in [2.24, 2.45) is 11.8 Å². The standard InChI is InChI=1S/C26H21NO3/c28-20-13-11-19(12-14-20)27-25(29)23-21(17-7-3-1-4-8-17)15-16-22(24(23)26(27)30)18-9-5-2-6-10-18/h1-16,21-24,28H/t21-,22+,23+,24-. The number of nitrogens with zero attached hydrogens (tertiary/aromatic N) is 1. The van der Waals surface area contributed by atoms with Crippen molar-refractivity contribution in [2.45, 2.75) is 11.8 Å². The van der Waals surface area contributed by atoms with Gasteiger partial charge in [-0.2, -0.15) is 0 Å². The van der Waals surface area contributed by atoms with E-state index in [-0.39, 0.29) is 29.4 Å². The number of hydrogen-bond donors (Lipinski definition) is 1. The Morgan fingerprint density at radius 1 is 0.600 bits per heavy atom. The molecule has 0 unspecified atom stereocenters. The summed E-state index contributed by atoms with van der Waals surface area (Å²) in [4.78, 5) is 28.5. The van der Waals surface area contributed by atoms with Crippen LogP contribution in [0, 0.1) is 11.8 Å². The first-order chi connectivity index (χ1) is 14.6. The van der Waals surface area contributed by atoms with E-state index in [0.717, 1.165) is 11.1 Å². The predicted octanol–water partition coefficient (Wildman–Crippen LogP) is 4.64. The second kappa shape index (κ2) is 7.30. The van der Waals surface area contributed by atoms with Crippen molar-refractivity contribution < 1.29 is 14.7 Å². The number of anilines is 1. The van der Waals surface area contributed by atoms with Crippen LogP contribution in [-0.4, -0.2) is 16.9 Å². The number of carbonyl (C=O) groups is 2. The van der Waals surface area contributed by atoms with Gasteiger partial charge < -0.3 is 5.11 Å². The van der Waals surface area contributed by atoms with Crippen LogP contribution in [0.15, 0.2) is 97.1 Å². The number of amides is 2. The average molecular weight is 395 g/mol. The third kappa shape index (κ3) is 2.92. The summed E-state index contributed by atoms with van der Waals surface area (Å²) in [7, 11) is 0. The van der Waals surface area contributed by atoms with Gasteiger partial charge in [0.2, 0.25) is 11.8 Å². The zero-order valence-electron chi connectivity index (χ0n) is 16.3. The number of benzene rings is 3. The number of carbonyl (C=O) groups excluding carboxylic acids is 2. The molecule has 4 nitrogen and oxygen atoms in total. The van der Waals surface area contributed by atoms with Crippen molar-refractivity contribution >= 4 is 17.5 Å². The third-order valence-corrected chi connectivity index (χ3v) is 6.17. The molecule has 3 aromatic rings. The van der Waals surface area contributed by atoms with Crippen LogP contribution in [0.3, 0.4) is 0 Å². The number of fused-ring (bicyclic) bond motifs is 1. The van der Waals surface area contributed by atoms with Crippen LogP contribution in [-0.2, 0) is 9.59 Å². The Labute approximate surface area is 175 Å². The van der Waals surface area contributed by atoms with Gasteiger partial charge in [0.25, 0.3) is 0 Å². The molecule has 0 radical (unpaired) electrons. The molecular formula is C26H21NO3. The molecule has 1 saturated heterocycles. The van der Waals surface area contributed by atoms with Gasteiger partial charge in [-0.25, -0.2) is 4.90 Å². The highest BCUT2D eigenvalue weighted by molar-refractivity contribution is 6.23. The van der Waals surface area contributed by atoms with Crippen LogP contribution in [0.5, 0.6) is 5.75 Å². The minimum atomic E-state index is -0.469. The Morgan fingerprint density at radius 2 is 1.03 bits per heavy atom. The minimum absolute atomic E-state index is 0.0984. The maximum Gasteiger partial charge on any atom is 0.238 e. The van der Waals surface area contributed by atoms with Crippen molar-refractivity contribution in [3.8, 4) is 5.75 Å². The summed E-state index contributed by atoms with van der Waals surface area (Å²) in [5.41, 5.74) is 2.56. The lowest BCUT2D eigenvalue weighted by Crippen LogP contribution is -2.31. The minimum Gasteiger partial charge on any atom is -0.508 e. The first-order valence-corrected chi connectivity index (χ1v) is 10.1. The SMILES string of the molecule is O=C1[C@@H]2[C@H](C(=O)N1c1ccc(O)cc1)[C@H](c1ccccc1)C=C[C@@H]2c1ccccc1. The molecule has 1 N–H and O–H groups in total. The topological polar surface area (TPSA) is 57.6 Å². The molecule has 1 heterocycles. The lowest BCUT2D eigenvalue weighted by atomic mass is 9.68. The number of allylic oxidation sites excluding steroid dienone is 2. The molecule has 0 saturated carbocycles. The summed E-state index contributed by atoms with van der Waals surface area (Å²) in [6, 6.07) is 26.0. The zero-order valence-corrected chi connectivity index (χ0v) is 16.3. The van der Waals surface area contributed by atoms with E-state index in [9.17, 15) is 14.7 Å². The van der Waals surface area contributed by atoms with E-state index in [2.05, 4.69) is 12.2 Å². The highest BCUT2D eigenvalue weighted by Gasteiger charge is 2.55. The summed E-state index contributed by atoms with van der Waals surface area (Å²) in [6.07, 6.45) is 4.17. The van der Waals surface area contributed by atoms with Crippen LogP contribution in [0.25, 0.3) is 0 Å². The number of rotatable bonds is 3. The van der Waals surface area contributed by atoms with Gasteiger partial charge in [0, 0.05) is 11.8 Å². The van der Waals surface area contributed by atoms with Gasteiger partial charge in [-0.15, -0.1) is 0 Å². The smallest absolute Gasteiger partial charge is 0.238 e. The molecule has 4 heteroatoms. The number of aromatic hydroxyl groups is 1. The van der Waals surface area contributed by atoms with Gasteiger partial charge in [-0.1, -0.05) is 72.8 Å². The number of phenolic OH excluding ortho intramolecular Hbond substituents is 1. The third-order valence-electron chi connectivity index (χ3n) is 6.17. The van der Waals surface area contributed by atoms with E-state index in [1.165, 1.54) is 17.0 Å². The van der Waals surface area contributed by atoms with Gasteiger partial charge in [-0.05, 0) is 35.4 Å². The van der Waals surface area contributed by atoms with Gasteiger partial charge in [0.05, 0.1) is 17.5 Å². The van der Waals surface area contributed by atoms with E-state index in [1.807, 2.05) is 60.7 Å². The molecule has 148 valence electrons. The molecule has 1 aliphatic carbocycles. The molecule has 0 bridgehead atoms. The maximum absolute atomic E-state index is 13.6. The molecule has 2 aliphatic rings. The lowest BCUT2D eigenvalue weighted by Gasteiger charge is -2.32. The maximum atomic E-state index is 13.6. The highest BCUT2D eigenvalue weighted by atomic mass is 16.3. The van der Waals surface area contributed by atoms with Gasteiger partial charge >= 0.3 is 0 Å². The average Bonchev–Trinajstić information content (AvgIpc) is 3.06. The Balaban J connectivity index is 1.63. The Kier molecular flexibility index (Phi) is 4.47. The molecule has 0 spiro atoms. The first kappa shape index (κ1) is 18.4. The Bertz CT molecular complexity index is 1040. The molecule has 30 heavy (non-hydrogen) atoms. The van der Waals surface area contributed by atoms with Crippen molar-refractivity contribution in [3.05, 3.63) is 108 Å². The molecule has 2 amide bonds. The number of imide groups is 1. The molecule has 5 rings (SSSR count). The fraction of sp³-hybridized carbons (Fsp3) is 0.154. The molecular weight excluding hydrogens is 374 g/mol. The largest absolute Gasteiger partial charge is 0.508 e. The predicted molar refractivity (Wildman–Crippen MR) is 115 cm³/mol. The van der Waals surface area contributed by atoms with Crippen LogP contribution in [0.2, 0.25) is 0 Å². The summed E-state index contributed by atoms with van der Waals surface area (Å²) in [6.45, 7) is 0. The van der Waals surface area contributed by atoms with Crippen molar-refractivity contribution in [2.75, 3.05) is 4.90 Å². The quantitative estimate of drug-likeness (QED) is 0.519. The van der Waals surface area contributed by atoms with Crippen molar-refractivity contribution in [1.29, 1.82) is 0 Å². The summed E-state index contributed by atoms with van der Waals surface area (Å²) < 4.78 is 0. The van der Waals surface area contributed by atoms with E-state index >= 15 is 0 Å². The molecule has 1 aliphatic heterocycles. The second-order valence-corrected chi connectivity index (χ2v) is 7.84. The van der Waals surface area contributed by atoms with E-state index < -0.39 is 11.8 Å². The number of hydrogen-bond acceptors (Lipinski definition) is 3. The van der Waals surface area contributed by atoms with Crippen LogP contribution >= 0.6 is 0 Å². The monoisotopic (exact) mass is 395 g/mol. The van der Waals surface area contributed by atoms with Crippen molar-refractivity contribution in [3.63, 3.8) is 0 Å². The van der Waals surface area contributed by atoms with Gasteiger partial charge in [-0.3, -0.25) is 9.59 Å². The normalized spacial score (nSPS) is 25.4. The second-order valence-electron chi connectivity index (χ2n) is 7.84. The molecule has 1 fully saturated rings. The lowest BCUT2D eigenvalue weighted by molar-refractivity contribution is -0.122. The van der Waals surface area contributed by atoms with Crippen LogP contribution < -0.4 is 4.90 Å². The van der Waals surface area contributed by atoms with E-state index in [1.54, 1.807) is 12.1 Å². The number of phenols is 1. The first-order valence-electron chi connectivity index (χ1n) is 10.1. The zero-order chi connectivity index (χ0) is 20.7. The molecule has 4 atom stereocenters. The summed E-state index contributed by atoms with van der Waals surface area (Å²) >= 11 is 0. The fourth-order valence-electron chi connectivity index (χ4n) is 4.79. The Morgan fingerprint density at radius 3 is 1.47 bits per heavy atom. The highest BCUT2D eigenvalue weighted by Crippen LogP contribution is 2.50. The van der Waals surface area contributed by atoms with E-state index in [0.29, 0.717) is 5.69 Å². The van der Waals surface area contributed by atoms with Crippen molar-refractivity contribution in [1.82, 2.24) is 0 Å². The Hall–Kier alpha value is -3.66.